The molecule has 39 heavy (non-hydrogen) atoms. The highest BCUT2D eigenvalue weighted by Crippen LogP contribution is 2.45. The minimum absolute atomic E-state index is 0.0570. The maximum absolute atomic E-state index is 15.6. The third kappa shape index (κ3) is 6.39. The first-order valence-electron chi connectivity index (χ1n) is 12.0. The Morgan fingerprint density at radius 1 is 1.03 bits per heavy atom. The summed E-state index contributed by atoms with van der Waals surface area (Å²) in [7, 11) is 1.32. The molecule has 1 fully saturated rings. The highest BCUT2D eigenvalue weighted by molar-refractivity contribution is 6.07. The van der Waals surface area contributed by atoms with Crippen molar-refractivity contribution in [1.82, 2.24) is 4.98 Å². The summed E-state index contributed by atoms with van der Waals surface area (Å²) in [5, 5.41) is 12.2. The number of phenolic OH excluding ortho intramolecular Hbond substituents is 1. The van der Waals surface area contributed by atoms with Crippen molar-refractivity contribution in [2.24, 2.45) is 11.7 Å². The van der Waals surface area contributed by atoms with Crippen molar-refractivity contribution in [3.05, 3.63) is 71.3 Å². The molecular weight excluding hydrogens is 522 g/mol. The fourth-order valence-electron chi connectivity index (χ4n) is 4.59. The van der Waals surface area contributed by atoms with Crippen LogP contribution in [-0.4, -0.2) is 35.2 Å². The fourth-order valence-corrected chi connectivity index (χ4v) is 4.59. The quantitative estimate of drug-likeness (QED) is 0.316. The second-order valence-corrected chi connectivity index (χ2v) is 9.15. The zero-order valence-corrected chi connectivity index (χ0v) is 20.7. The average molecular weight is 548 g/mol. The molecule has 0 unspecified atom stereocenters. The summed E-state index contributed by atoms with van der Waals surface area (Å²) < 4.78 is 66.1. The molecule has 2 aromatic carbocycles. The molecule has 1 aliphatic carbocycles. The number of aromatic nitrogens is 1. The Morgan fingerprint density at radius 2 is 1.74 bits per heavy atom. The second-order valence-electron chi connectivity index (χ2n) is 9.15. The molecule has 0 spiro atoms. The second kappa shape index (κ2) is 11.2. The van der Waals surface area contributed by atoms with E-state index in [1.807, 2.05) is 0 Å². The van der Waals surface area contributed by atoms with Gasteiger partial charge in [0.05, 0.1) is 13.0 Å². The van der Waals surface area contributed by atoms with E-state index in [9.17, 15) is 27.9 Å². The third-order valence-corrected chi connectivity index (χ3v) is 6.60. The van der Waals surface area contributed by atoms with E-state index in [1.165, 1.54) is 49.7 Å². The fraction of sp³-hybridized carbons (Fsp3) is 0.296. The number of alkyl halides is 3. The monoisotopic (exact) mass is 547 g/mol. The van der Waals surface area contributed by atoms with Gasteiger partial charge >= 0.3 is 6.18 Å². The van der Waals surface area contributed by atoms with E-state index in [0.29, 0.717) is 5.56 Å². The Labute approximate surface area is 220 Å². The summed E-state index contributed by atoms with van der Waals surface area (Å²) in [5.74, 6) is -4.68. The highest BCUT2D eigenvalue weighted by Gasteiger charge is 2.41. The number of anilines is 1. The smallest absolute Gasteiger partial charge is 0.391 e. The molecule has 206 valence electrons. The Bertz CT molecular complexity index is 1390. The zero-order chi connectivity index (χ0) is 28.3. The number of nitrogens with two attached hydrogens (primary N) is 1. The number of nitrogens with zero attached hydrogens (tertiary/aromatic N) is 1. The van der Waals surface area contributed by atoms with Crippen LogP contribution in [0.2, 0.25) is 0 Å². The van der Waals surface area contributed by atoms with Gasteiger partial charge in [0.25, 0.3) is 11.8 Å². The maximum Gasteiger partial charge on any atom is 0.391 e. The van der Waals surface area contributed by atoms with Gasteiger partial charge in [0.15, 0.2) is 11.5 Å². The van der Waals surface area contributed by atoms with Crippen molar-refractivity contribution in [1.29, 1.82) is 0 Å². The van der Waals surface area contributed by atoms with Gasteiger partial charge in [-0.2, -0.15) is 13.2 Å². The Kier molecular flexibility index (Phi) is 7.93. The first-order valence-corrected chi connectivity index (χ1v) is 12.0. The standard InChI is InChI=1S/C27H25F4N3O5/c1-38-22-13-18(35)6-7-21(22)39-23-11-15(14-2-4-16(5-3-14)27(29,30)31)10-19(28)24(23)26(37)34-17-8-9-33-20(12-17)25(32)36/h6-14,16,35H,2-5H2,1H3,(H2,32,36)(H,33,34,37). The molecule has 0 bridgehead atoms. The Hall–Kier alpha value is -4.35. The number of aromatic hydroxyl groups is 1. The van der Waals surface area contributed by atoms with Crippen LogP contribution in [0.15, 0.2) is 48.7 Å². The molecule has 2 amide bonds. The van der Waals surface area contributed by atoms with Crippen molar-refractivity contribution in [2.75, 3.05) is 12.4 Å². The van der Waals surface area contributed by atoms with Crippen LogP contribution in [0.1, 0.15) is 58.0 Å². The lowest BCUT2D eigenvalue weighted by molar-refractivity contribution is -0.182. The molecule has 3 aromatic rings. The molecule has 0 aliphatic heterocycles. The number of ether oxygens (including phenoxy) is 2. The van der Waals surface area contributed by atoms with Gasteiger partial charge in [0.2, 0.25) is 0 Å². The van der Waals surface area contributed by atoms with Crippen molar-refractivity contribution >= 4 is 17.5 Å². The summed E-state index contributed by atoms with van der Waals surface area (Å²) in [6, 6.07) is 9.06. The number of nitrogens with one attached hydrogen (secondary N) is 1. The molecule has 1 saturated carbocycles. The number of carbonyl (C=O) groups excluding carboxylic acids is 2. The van der Waals surface area contributed by atoms with Crippen LogP contribution >= 0.6 is 0 Å². The predicted octanol–water partition coefficient (Wildman–Crippen LogP) is 5.91. The minimum atomic E-state index is -4.29. The molecule has 0 saturated heterocycles. The van der Waals surface area contributed by atoms with Crippen molar-refractivity contribution in [3.8, 4) is 23.0 Å². The molecule has 1 aliphatic rings. The number of benzene rings is 2. The lowest BCUT2D eigenvalue weighted by Crippen LogP contribution is -2.27. The topological polar surface area (TPSA) is 124 Å². The number of rotatable bonds is 7. The molecule has 8 nitrogen and oxygen atoms in total. The number of carbonyl (C=O) groups is 2. The van der Waals surface area contributed by atoms with Gasteiger partial charge in [-0.15, -0.1) is 0 Å². The van der Waals surface area contributed by atoms with Gasteiger partial charge < -0.3 is 25.6 Å². The summed E-state index contributed by atoms with van der Waals surface area (Å²) in [6.45, 7) is 0. The van der Waals surface area contributed by atoms with Gasteiger partial charge in [-0.25, -0.2) is 4.39 Å². The highest BCUT2D eigenvalue weighted by atomic mass is 19.4. The first-order chi connectivity index (χ1) is 18.5. The van der Waals surface area contributed by atoms with E-state index in [-0.39, 0.29) is 66.0 Å². The summed E-state index contributed by atoms with van der Waals surface area (Å²) in [5.41, 5.74) is 5.12. The van der Waals surface area contributed by atoms with Gasteiger partial charge in [-0.1, -0.05) is 0 Å². The van der Waals surface area contributed by atoms with E-state index in [1.54, 1.807) is 0 Å². The van der Waals surface area contributed by atoms with E-state index < -0.39 is 35.3 Å². The molecule has 0 atom stereocenters. The maximum atomic E-state index is 15.6. The van der Waals surface area contributed by atoms with Crippen molar-refractivity contribution in [2.45, 2.75) is 37.8 Å². The number of amides is 2. The number of phenols is 1. The number of hydrogen-bond donors (Lipinski definition) is 3. The lowest BCUT2D eigenvalue weighted by atomic mass is 9.78. The number of primary amides is 1. The van der Waals surface area contributed by atoms with Crippen LogP contribution in [0.4, 0.5) is 23.2 Å². The number of hydrogen-bond acceptors (Lipinski definition) is 6. The molecule has 1 heterocycles. The van der Waals surface area contributed by atoms with E-state index >= 15 is 4.39 Å². The molecular formula is C27H25F4N3O5. The summed E-state index contributed by atoms with van der Waals surface area (Å²) >= 11 is 0. The first kappa shape index (κ1) is 27.7. The lowest BCUT2D eigenvalue weighted by Gasteiger charge is -2.30. The SMILES string of the molecule is COc1cc(O)ccc1Oc1cc(C2CCC(C(F)(F)F)CC2)cc(F)c1C(=O)Nc1ccnc(C(N)=O)c1. The average Bonchev–Trinajstić information content (AvgIpc) is 2.89. The van der Waals surface area contributed by atoms with Crippen LogP contribution in [0.5, 0.6) is 23.0 Å². The van der Waals surface area contributed by atoms with E-state index in [2.05, 4.69) is 10.3 Å². The van der Waals surface area contributed by atoms with Crippen LogP contribution in [0.3, 0.4) is 0 Å². The normalized spacial score (nSPS) is 17.4. The van der Waals surface area contributed by atoms with Crippen molar-refractivity contribution in [3.63, 3.8) is 0 Å². The predicted molar refractivity (Wildman–Crippen MR) is 133 cm³/mol. The Morgan fingerprint density at radius 3 is 2.38 bits per heavy atom. The van der Waals surface area contributed by atoms with Gasteiger partial charge in [-0.3, -0.25) is 14.6 Å². The largest absolute Gasteiger partial charge is 0.508 e. The van der Waals surface area contributed by atoms with Crippen LogP contribution in [0.25, 0.3) is 0 Å². The van der Waals surface area contributed by atoms with Crippen LogP contribution in [-0.2, 0) is 0 Å². The van der Waals surface area contributed by atoms with Crippen LogP contribution in [0, 0.1) is 11.7 Å². The molecule has 1 aromatic heterocycles. The molecule has 12 heteroatoms. The van der Waals surface area contributed by atoms with Gasteiger partial charge in [0, 0.05) is 18.0 Å². The summed E-state index contributed by atoms with van der Waals surface area (Å²) in [6.07, 6.45) is -2.86. The molecule has 0 radical (unpaired) electrons. The Balaban J connectivity index is 1.71. The van der Waals surface area contributed by atoms with E-state index in [0.717, 1.165) is 6.07 Å². The van der Waals surface area contributed by atoms with Gasteiger partial charge in [0.1, 0.15) is 28.6 Å². The molecule has 4 N–H and O–H groups in total. The zero-order valence-electron chi connectivity index (χ0n) is 20.7. The van der Waals surface area contributed by atoms with E-state index in [4.69, 9.17) is 15.2 Å². The van der Waals surface area contributed by atoms with Crippen LogP contribution < -0.4 is 20.5 Å². The third-order valence-electron chi connectivity index (χ3n) is 6.60. The molecule has 4 rings (SSSR count). The number of methoxy groups -OCH3 is 1. The summed E-state index contributed by atoms with van der Waals surface area (Å²) in [4.78, 5) is 28.4. The van der Waals surface area contributed by atoms with Gasteiger partial charge in [-0.05, 0) is 73.6 Å². The number of halogens is 4. The minimum Gasteiger partial charge on any atom is -0.508 e. The number of pyridine rings is 1. The van der Waals surface area contributed by atoms with Crippen molar-refractivity contribution < 1.29 is 41.7 Å².